The first-order chi connectivity index (χ1) is 5.61. The predicted molar refractivity (Wildman–Crippen MR) is 44.5 cm³/mol. The molecule has 0 bridgehead atoms. The van der Waals surface area contributed by atoms with Crippen molar-refractivity contribution in [1.82, 2.24) is 0 Å². The third-order valence-corrected chi connectivity index (χ3v) is 0.889. The molecule has 0 spiro atoms. The zero-order valence-electron chi connectivity index (χ0n) is 6.40. The first-order valence-electron chi connectivity index (χ1n) is 3.06. The second kappa shape index (κ2) is 4.90. The van der Waals surface area contributed by atoms with Crippen LogP contribution < -0.4 is 0 Å². The normalized spacial score (nSPS) is 10.2. The molecule has 0 aromatic rings. The van der Waals surface area contributed by atoms with E-state index in [4.69, 9.17) is 15.3 Å². The Morgan fingerprint density at radius 1 is 1.17 bits per heavy atom. The van der Waals surface area contributed by atoms with Crippen LogP contribution in [-0.4, -0.2) is 15.3 Å². The second-order valence-corrected chi connectivity index (χ2v) is 1.74. The van der Waals surface area contributed by atoms with E-state index in [1.165, 1.54) is 18.2 Å². The van der Waals surface area contributed by atoms with E-state index in [-0.39, 0.29) is 5.76 Å². The smallest absolute Gasteiger partial charge is 0.366 e. The second-order valence-electron chi connectivity index (χ2n) is 1.74. The van der Waals surface area contributed by atoms with Crippen LogP contribution in [0.2, 0.25) is 0 Å². The summed E-state index contributed by atoms with van der Waals surface area (Å²) in [6, 6.07) is 0. The van der Waals surface area contributed by atoms with Gasteiger partial charge in [0.25, 0.3) is 0 Å². The van der Waals surface area contributed by atoms with E-state index in [2.05, 4.69) is 17.9 Å². The first-order valence-corrected chi connectivity index (χ1v) is 3.06. The van der Waals surface area contributed by atoms with Gasteiger partial charge in [0.15, 0.2) is 0 Å². The minimum Gasteiger partial charge on any atom is -0.476 e. The van der Waals surface area contributed by atoms with Crippen molar-refractivity contribution in [2.24, 2.45) is 0 Å². The summed E-state index contributed by atoms with van der Waals surface area (Å²) in [6.45, 7) is 6.73. The summed E-state index contributed by atoms with van der Waals surface area (Å²) in [5, 5.41) is 25.3. The van der Waals surface area contributed by atoms with Crippen LogP contribution in [0, 0.1) is 0 Å². The van der Waals surface area contributed by atoms with Gasteiger partial charge < -0.3 is 20.1 Å². The molecule has 3 N–H and O–H groups in total. The van der Waals surface area contributed by atoms with Gasteiger partial charge in [-0.1, -0.05) is 19.2 Å². The molecule has 0 aliphatic heterocycles. The molecule has 0 heterocycles. The molecular weight excluding hydrogens is 160 g/mol. The Morgan fingerprint density at radius 3 is 2.08 bits per heavy atom. The number of hydrogen-bond acceptors (Lipinski definition) is 4. The highest BCUT2D eigenvalue weighted by Crippen LogP contribution is 2.06. The summed E-state index contributed by atoms with van der Waals surface area (Å²) in [7, 11) is 0. The van der Waals surface area contributed by atoms with Crippen molar-refractivity contribution in [3.8, 4) is 0 Å². The summed E-state index contributed by atoms with van der Waals surface area (Å²) >= 11 is 0. The molecule has 0 rings (SSSR count). The summed E-state index contributed by atoms with van der Waals surface area (Å²) < 4.78 is 4.51. The highest BCUT2D eigenvalue weighted by atomic mass is 16.6. The Hall–Kier alpha value is -1.84. The van der Waals surface area contributed by atoms with Crippen LogP contribution in [0.4, 0.5) is 0 Å². The number of aliphatic hydroxyl groups excluding tert-OH is 2. The summed E-state index contributed by atoms with van der Waals surface area (Å²) in [5.41, 5.74) is 0. The molecule has 0 radical (unpaired) electrons. The minimum absolute atomic E-state index is 0.156. The van der Waals surface area contributed by atoms with Crippen LogP contribution in [0.5, 0.6) is 0 Å². The van der Waals surface area contributed by atoms with Crippen molar-refractivity contribution >= 4 is 0 Å². The van der Waals surface area contributed by atoms with E-state index in [0.29, 0.717) is 0 Å². The highest BCUT2D eigenvalue weighted by Gasteiger charge is 2.03. The Morgan fingerprint density at radius 2 is 1.75 bits per heavy atom. The Balaban J connectivity index is 4.42. The number of allylic oxidation sites excluding steroid dienone is 3. The zero-order chi connectivity index (χ0) is 9.56. The van der Waals surface area contributed by atoms with E-state index in [0.717, 1.165) is 0 Å². The number of ether oxygens (including phenoxy) is 1. The quantitative estimate of drug-likeness (QED) is 0.446. The lowest BCUT2D eigenvalue weighted by atomic mass is 10.4. The molecule has 0 atom stereocenters. The third kappa shape index (κ3) is 3.36. The van der Waals surface area contributed by atoms with Crippen LogP contribution in [0.25, 0.3) is 0 Å². The van der Waals surface area contributed by atoms with E-state index in [9.17, 15) is 0 Å². The molecule has 0 saturated carbocycles. The first kappa shape index (κ1) is 10.2. The fourth-order valence-electron chi connectivity index (χ4n) is 0.417. The van der Waals surface area contributed by atoms with Gasteiger partial charge in [-0.2, -0.15) is 0 Å². The molecule has 0 aliphatic rings. The van der Waals surface area contributed by atoms with E-state index in [1.54, 1.807) is 0 Å². The van der Waals surface area contributed by atoms with Gasteiger partial charge in [-0.15, -0.1) is 0 Å². The summed E-state index contributed by atoms with van der Waals surface area (Å²) in [5.74, 6) is -2.11. The van der Waals surface area contributed by atoms with Crippen molar-refractivity contribution in [3.63, 3.8) is 0 Å². The lowest BCUT2D eigenvalue weighted by Crippen LogP contribution is -1.94. The summed E-state index contributed by atoms with van der Waals surface area (Å²) in [4.78, 5) is 0. The van der Waals surface area contributed by atoms with Crippen LogP contribution >= 0.6 is 0 Å². The Bertz CT molecular complexity index is 233. The van der Waals surface area contributed by atoms with Crippen molar-refractivity contribution in [2.45, 2.75) is 0 Å². The number of aliphatic hydroxyl groups is 3. The third-order valence-electron chi connectivity index (χ3n) is 0.889. The zero-order valence-corrected chi connectivity index (χ0v) is 6.40. The molecule has 66 valence electrons. The fourth-order valence-corrected chi connectivity index (χ4v) is 0.417. The van der Waals surface area contributed by atoms with Crippen molar-refractivity contribution in [1.29, 1.82) is 0 Å². The predicted octanol–water partition coefficient (Wildman–Crippen LogP) is 2.06. The van der Waals surface area contributed by atoms with Gasteiger partial charge in [-0.05, 0) is 12.2 Å². The highest BCUT2D eigenvalue weighted by molar-refractivity contribution is 5.16. The van der Waals surface area contributed by atoms with E-state index >= 15 is 0 Å². The molecule has 0 unspecified atom stereocenters. The lowest BCUT2D eigenvalue weighted by Gasteiger charge is -2.02. The fraction of sp³-hybridized carbons (Fsp3) is 0. The topological polar surface area (TPSA) is 69.9 Å². The monoisotopic (exact) mass is 170 g/mol. The Labute approximate surface area is 70.0 Å². The SMILES string of the molecule is C=C/C=C(\C=C)OC(O)=C(O)O. The molecule has 0 aromatic carbocycles. The maximum absolute atomic E-state index is 8.69. The molecule has 0 aromatic heterocycles. The van der Waals surface area contributed by atoms with Crippen molar-refractivity contribution < 1.29 is 20.1 Å². The van der Waals surface area contributed by atoms with Crippen LogP contribution in [-0.2, 0) is 4.74 Å². The van der Waals surface area contributed by atoms with Gasteiger partial charge in [-0.3, -0.25) is 0 Å². The van der Waals surface area contributed by atoms with E-state index < -0.39 is 11.9 Å². The average molecular weight is 170 g/mol. The Kier molecular flexibility index (Phi) is 4.15. The van der Waals surface area contributed by atoms with Gasteiger partial charge in [0, 0.05) is 0 Å². The molecule has 0 saturated heterocycles. The number of hydrogen-bond donors (Lipinski definition) is 3. The maximum atomic E-state index is 8.69. The standard InChI is InChI=1S/C8H10O4/c1-3-5-6(4-2)12-8(11)7(9)10/h3-5,9-11H,1-2H2/b6-5+. The lowest BCUT2D eigenvalue weighted by molar-refractivity contribution is 0.0718. The van der Waals surface area contributed by atoms with Gasteiger partial charge in [0.05, 0.1) is 0 Å². The molecule has 12 heavy (non-hydrogen) atoms. The van der Waals surface area contributed by atoms with Crippen LogP contribution in [0.1, 0.15) is 0 Å². The molecular formula is C8H10O4. The van der Waals surface area contributed by atoms with Crippen LogP contribution in [0.3, 0.4) is 0 Å². The van der Waals surface area contributed by atoms with Gasteiger partial charge >= 0.3 is 11.9 Å². The molecule has 4 heteroatoms. The van der Waals surface area contributed by atoms with Gasteiger partial charge in [0.2, 0.25) is 0 Å². The minimum atomic E-state index is -1.29. The van der Waals surface area contributed by atoms with Gasteiger partial charge in [0.1, 0.15) is 5.76 Å². The van der Waals surface area contributed by atoms with Crippen molar-refractivity contribution in [2.75, 3.05) is 0 Å². The van der Waals surface area contributed by atoms with E-state index in [1.807, 2.05) is 0 Å². The largest absolute Gasteiger partial charge is 0.476 e. The molecule has 0 aliphatic carbocycles. The van der Waals surface area contributed by atoms with Crippen molar-refractivity contribution in [3.05, 3.63) is 49.0 Å². The maximum Gasteiger partial charge on any atom is 0.366 e. The molecule has 0 amide bonds. The number of rotatable bonds is 4. The average Bonchev–Trinajstić information content (AvgIpc) is 2.03. The molecule has 4 nitrogen and oxygen atoms in total. The molecule has 0 fully saturated rings. The van der Waals surface area contributed by atoms with Crippen LogP contribution in [0.15, 0.2) is 49.0 Å². The summed E-state index contributed by atoms with van der Waals surface area (Å²) in [6.07, 6.45) is 4.08. The van der Waals surface area contributed by atoms with Gasteiger partial charge in [-0.25, -0.2) is 0 Å².